The highest BCUT2D eigenvalue weighted by Gasteiger charge is 2.13. The molecular weight excluding hydrogens is 339 g/mol. The molecule has 3 rings (SSSR count). The molecule has 0 unspecified atom stereocenters. The zero-order valence-electron chi connectivity index (χ0n) is 13.4. The van der Waals surface area contributed by atoms with Gasteiger partial charge in [0.15, 0.2) is 5.65 Å². The number of hydrogen-bond donors (Lipinski definition) is 2. The van der Waals surface area contributed by atoms with Gasteiger partial charge in [-0.05, 0) is 25.6 Å². The Balaban J connectivity index is 0.00000132. The predicted molar refractivity (Wildman–Crippen MR) is 97.5 cm³/mol. The lowest BCUT2D eigenvalue weighted by Gasteiger charge is -2.32. The second-order valence-electron chi connectivity index (χ2n) is 5.73. The smallest absolute Gasteiger partial charge is 0.347 e. The van der Waals surface area contributed by atoms with Crippen LogP contribution in [0.3, 0.4) is 0 Å². The quantitative estimate of drug-likeness (QED) is 0.843. The van der Waals surface area contributed by atoms with Gasteiger partial charge in [0.1, 0.15) is 0 Å². The highest BCUT2D eigenvalue weighted by molar-refractivity contribution is 5.85. The molecule has 2 aromatic rings. The summed E-state index contributed by atoms with van der Waals surface area (Å²) in [4.78, 5) is 16.4. The summed E-state index contributed by atoms with van der Waals surface area (Å²) < 4.78 is 1.55. The van der Waals surface area contributed by atoms with Gasteiger partial charge in [-0.3, -0.25) is 4.90 Å². The summed E-state index contributed by atoms with van der Waals surface area (Å²) >= 11 is 0. The van der Waals surface area contributed by atoms with Crippen LogP contribution in [0.1, 0.15) is 5.56 Å². The molecule has 3 heterocycles. The van der Waals surface area contributed by atoms with Gasteiger partial charge < -0.3 is 10.2 Å². The van der Waals surface area contributed by atoms with E-state index in [1.54, 1.807) is 10.6 Å². The minimum atomic E-state index is -0.198. The molecule has 0 spiro atoms. The molecule has 23 heavy (non-hydrogen) atoms. The Morgan fingerprint density at radius 1 is 1.26 bits per heavy atom. The molecule has 0 aromatic carbocycles. The van der Waals surface area contributed by atoms with Gasteiger partial charge in [-0.2, -0.15) is 5.10 Å². The topological polar surface area (TPSA) is 68.7 Å². The lowest BCUT2D eigenvalue weighted by Crippen LogP contribution is -2.45. The number of hydrogen-bond acceptors (Lipinski definition) is 5. The van der Waals surface area contributed by atoms with E-state index in [1.165, 1.54) is 0 Å². The lowest BCUT2D eigenvalue weighted by atomic mass is 10.2. The molecule has 0 radical (unpaired) electrons. The van der Waals surface area contributed by atoms with Crippen LogP contribution < -0.4 is 11.0 Å². The molecule has 7 nitrogen and oxygen atoms in total. The fourth-order valence-corrected chi connectivity index (χ4v) is 2.70. The fraction of sp³-hybridized carbons (Fsp3) is 0.571. The number of aromatic nitrogens is 3. The van der Waals surface area contributed by atoms with Crippen molar-refractivity contribution in [3.63, 3.8) is 0 Å². The average Bonchev–Trinajstić information content (AvgIpc) is 2.83. The van der Waals surface area contributed by atoms with E-state index in [0.717, 1.165) is 50.5 Å². The minimum Gasteiger partial charge on any atom is -0.381 e. The van der Waals surface area contributed by atoms with Crippen LogP contribution in [0.25, 0.3) is 5.65 Å². The van der Waals surface area contributed by atoms with Crippen molar-refractivity contribution < 1.29 is 0 Å². The van der Waals surface area contributed by atoms with E-state index < -0.39 is 0 Å². The first-order chi connectivity index (χ1) is 10.1. The molecule has 1 aliphatic rings. The number of piperazine rings is 1. The zero-order chi connectivity index (χ0) is 14.8. The number of nitrogens with zero attached hydrogens (tertiary/aromatic N) is 4. The number of nitrogens with one attached hydrogen (secondary N) is 2. The van der Waals surface area contributed by atoms with Crippen LogP contribution in [0.5, 0.6) is 0 Å². The number of aromatic amines is 1. The molecule has 0 bridgehead atoms. The van der Waals surface area contributed by atoms with E-state index in [2.05, 4.69) is 32.4 Å². The van der Waals surface area contributed by atoms with Gasteiger partial charge in [0, 0.05) is 45.5 Å². The Kier molecular flexibility index (Phi) is 7.34. The van der Waals surface area contributed by atoms with E-state index in [9.17, 15) is 4.79 Å². The van der Waals surface area contributed by atoms with Crippen LogP contribution in [-0.2, 0) is 0 Å². The maximum absolute atomic E-state index is 11.6. The molecule has 0 aliphatic carbocycles. The van der Waals surface area contributed by atoms with Gasteiger partial charge >= 0.3 is 5.69 Å². The summed E-state index contributed by atoms with van der Waals surface area (Å²) in [6.45, 7) is 8.32. The van der Waals surface area contributed by atoms with Crippen LogP contribution in [-0.4, -0.2) is 70.7 Å². The number of fused-ring (bicyclic) bond motifs is 1. The SMILES string of the molecule is Cc1cc(NCCN2CCN(C)CC2)c2n[nH]c(=O)n2c1.Cl.Cl. The average molecular weight is 363 g/mol. The number of aryl methyl sites for hydroxylation is 1. The van der Waals surface area contributed by atoms with Crippen LogP contribution in [0.15, 0.2) is 17.1 Å². The molecule has 0 saturated carbocycles. The largest absolute Gasteiger partial charge is 0.381 e. The van der Waals surface area contributed by atoms with Gasteiger partial charge in [0.25, 0.3) is 0 Å². The lowest BCUT2D eigenvalue weighted by molar-refractivity contribution is 0.158. The molecule has 1 aliphatic heterocycles. The first-order valence-electron chi connectivity index (χ1n) is 7.35. The van der Waals surface area contributed by atoms with Crippen molar-refractivity contribution in [2.45, 2.75) is 6.92 Å². The van der Waals surface area contributed by atoms with Crippen molar-refractivity contribution in [3.8, 4) is 0 Å². The number of pyridine rings is 1. The summed E-state index contributed by atoms with van der Waals surface area (Å²) in [6, 6.07) is 2.03. The highest BCUT2D eigenvalue weighted by atomic mass is 35.5. The fourth-order valence-electron chi connectivity index (χ4n) is 2.70. The number of rotatable bonds is 4. The van der Waals surface area contributed by atoms with Crippen LogP contribution >= 0.6 is 24.8 Å². The van der Waals surface area contributed by atoms with Gasteiger partial charge in [-0.25, -0.2) is 14.3 Å². The molecule has 130 valence electrons. The van der Waals surface area contributed by atoms with Crippen LogP contribution in [0, 0.1) is 6.92 Å². The van der Waals surface area contributed by atoms with Crippen molar-refractivity contribution in [2.24, 2.45) is 0 Å². The summed E-state index contributed by atoms with van der Waals surface area (Å²) in [5, 5.41) is 9.97. The molecule has 1 fully saturated rings. The number of likely N-dealkylation sites (N-methyl/N-ethyl adjacent to an activating group) is 1. The standard InChI is InChI=1S/C14H22N6O.2ClH/c1-11-9-12(13-16-17-14(21)20(13)10-11)15-3-4-19-7-5-18(2)6-8-19;;/h9-10,15H,3-8H2,1-2H3,(H,17,21);2*1H. The Morgan fingerprint density at radius 3 is 2.65 bits per heavy atom. The summed E-state index contributed by atoms with van der Waals surface area (Å²) in [5.41, 5.74) is 2.40. The second-order valence-corrected chi connectivity index (χ2v) is 5.73. The first kappa shape index (κ1) is 19.8. The van der Waals surface area contributed by atoms with Crippen LogP contribution in [0.4, 0.5) is 5.69 Å². The third-order valence-electron chi connectivity index (χ3n) is 3.99. The van der Waals surface area contributed by atoms with Crippen molar-refractivity contribution in [3.05, 3.63) is 28.3 Å². The summed E-state index contributed by atoms with van der Waals surface area (Å²) in [6.07, 6.45) is 1.80. The highest BCUT2D eigenvalue weighted by Crippen LogP contribution is 2.15. The van der Waals surface area contributed by atoms with Crippen LogP contribution in [0.2, 0.25) is 0 Å². The maximum atomic E-state index is 11.6. The van der Waals surface area contributed by atoms with Gasteiger partial charge in [0.2, 0.25) is 0 Å². The molecular formula is C14H24Cl2N6O. The third kappa shape index (κ3) is 4.60. The monoisotopic (exact) mass is 362 g/mol. The van der Waals surface area contributed by atoms with Gasteiger partial charge in [-0.15, -0.1) is 24.8 Å². The normalized spacial score (nSPS) is 15.9. The summed E-state index contributed by atoms with van der Waals surface area (Å²) in [5.74, 6) is 0. The Labute approximate surface area is 147 Å². The van der Waals surface area contributed by atoms with E-state index in [4.69, 9.17) is 0 Å². The minimum absolute atomic E-state index is 0. The maximum Gasteiger partial charge on any atom is 0.347 e. The van der Waals surface area contributed by atoms with Crippen molar-refractivity contribution in [1.82, 2.24) is 24.4 Å². The van der Waals surface area contributed by atoms with Crippen molar-refractivity contribution in [1.29, 1.82) is 0 Å². The van der Waals surface area contributed by atoms with E-state index in [0.29, 0.717) is 5.65 Å². The molecule has 2 N–H and O–H groups in total. The van der Waals surface area contributed by atoms with E-state index >= 15 is 0 Å². The predicted octanol–water partition coefficient (Wildman–Crippen LogP) is 0.834. The third-order valence-corrected chi connectivity index (χ3v) is 3.99. The Morgan fingerprint density at radius 2 is 1.96 bits per heavy atom. The van der Waals surface area contributed by atoms with Crippen molar-refractivity contribution >= 4 is 36.1 Å². The summed E-state index contributed by atoms with van der Waals surface area (Å²) in [7, 11) is 2.16. The molecule has 0 amide bonds. The number of H-pyrrole nitrogens is 1. The van der Waals surface area contributed by atoms with Crippen molar-refractivity contribution in [2.75, 3.05) is 51.6 Å². The molecule has 0 atom stereocenters. The van der Waals surface area contributed by atoms with E-state index in [-0.39, 0.29) is 30.5 Å². The Hall–Kier alpha value is -1.28. The number of halogens is 2. The van der Waals surface area contributed by atoms with Gasteiger partial charge in [0.05, 0.1) is 5.69 Å². The molecule has 9 heteroatoms. The first-order valence-corrected chi connectivity index (χ1v) is 7.35. The van der Waals surface area contributed by atoms with Gasteiger partial charge in [-0.1, -0.05) is 0 Å². The molecule has 2 aromatic heterocycles. The molecule has 1 saturated heterocycles. The Bertz CT molecular complexity index is 677. The number of anilines is 1. The van der Waals surface area contributed by atoms with E-state index in [1.807, 2.05) is 13.0 Å². The zero-order valence-corrected chi connectivity index (χ0v) is 15.0. The second kappa shape index (κ2) is 8.54.